The first-order valence-electron chi connectivity index (χ1n) is 8.53. The summed E-state index contributed by atoms with van der Waals surface area (Å²) in [6.07, 6.45) is 0. The molecule has 1 aromatic carbocycles. The topological polar surface area (TPSA) is 58.6 Å². The lowest BCUT2D eigenvalue weighted by Crippen LogP contribution is -2.41. The molecule has 0 spiro atoms. The summed E-state index contributed by atoms with van der Waals surface area (Å²) in [7, 11) is -3.50. The highest BCUT2D eigenvalue weighted by molar-refractivity contribution is 7.89. The summed E-state index contributed by atoms with van der Waals surface area (Å²) in [5.41, 5.74) is 2.79. The van der Waals surface area contributed by atoms with E-state index < -0.39 is 10.0 Å². The largest absolute Gasteiger partial charge is 0.379 e. The van der Waals surface area contributed by atoms with Crippen molar-refractivity contribution in [1.82, 2.24) is 9.62 Å². The Balaban J connectivity index is 2.14. The molecule has 136 valence electrons. The molecule has 5 nitrogen and oxygen atoms in total. The van der Waals surface area contributed by atoms with Crippen LogP contribution >= 0.6 is 0 Å². The van der Waals surface area contributed by atoms with E-state index >= 15 is 0 Å². The Hall–Kier alpha value is -0.950. The van der Waals surface area contributed by atoms with E-state index in [0.29, 0.717) is 18.0 Å². The maximum atomic E-state index is 12.8. The van der Waals surface area contributed by atoms with Gasteiger partial charge >= 0.3 is 0 Å². The summed E-state index contributed by atoms with van der Waals surface area (Å²) >= 11 is 0. The number of sulfonamides is 1. The number of ether oxygens (including phenoxy) is 1. The van der Waals surface area contributed by atoms with Crippen LogP contribution in [-0.4, -0.2) is 52.7 Å². The Morgan fingerprint density at radius 1 is 1.17 bits per heavy atom. The van der Waals surface area contributed by atoms with Crippen molar-refractivity contribution in [2.75, 3.05) is 39.4 Å². The molecule has 0 aliphatic carbocycles. The Morgan fingerprint density at radius 2 is 1.79 bits per heavy atom. The van der Waals surface area contributed by atoms with Crippen molar-refractivity contribution in [1.29, 1.82) is 0 Å². The molecule has 0 aromatic heterocycles. The third kappa shape index (κ3) is 4.79. The van der Waals surface area contributed by atoms with Gasteiger partial charge in [0.15, 0.2) is 0 Å². The number of nitrogens with one attached hydrogen (secondary N) is 1. The van der Waals surface area contributed by atoms with Crippen molar-refractivity contribution < 1.29 is 13.2 Å². The SMILES string of the molecule is Cc1cc(C(C)(C)C)cc(S(=O)(=O)NCCN2CCOCC2)c1C. The van der Waals surface area contributed by atoms with Crippen LogP contribution in [0.4, 0.5) is 0 Å². The zero-order chi connectivity index (χ0) is 18.0. The molecule has 2 rings (SSSR count). The molecule has 1 heterocycles. The molecule has 1 aromatic rings. The van der Waals surface area contributed by atoms with Crippen LogP contribution in [0, 0.1) is 13.8 Å². The number of hydrogen-bond donors (Lipinski definition) is 1. The molecule has 0 saturated carbocycles. The molecule has 0 unspecified atom stereocenters. The van der Waals surface area contributed by atoms with Gasteiger partial charge in [-0.2, -0.15) is 0 Å². The molecule has 1 aliphatic heterocycles. The second kappa shape index (κ2) is 7.52. The highest BCUT2D eigenvalue weighted by atomic mass is 32.2. The number of benzene rings is 1. The molecule has 1 saturated heterocycles. The van der Waals surface area contributed by atoms with Crippen LogP contribution in [0.5, 0.6) is 0 Å². The van der Waals surface area contributed by atoms with E-state index in [1.807, 2.05) is 19.9 Å². The summed E-state index contributed by atoms with van der Waals surface area (Å²) < 4.78 is 33.6. The van der Waals surface area contributed by atoms with Gasteiger partial charge in [0.1, 0.15) is 0 Å². The highest BCUT2D eigenvalue weighted by Crippen LogP contribution is 2.28. The summed E-state index contributed by atoms with van der Waals surface area (Å²) in [6, 6.07) is 3.90. The van der Waals surface area contributed by atoms with E-state index in [4.69, 9.17) is 4.74 Å². The molecular weight excluding hydrogens is 324 g/mol. The number of rotatable bonds is 5. The van der Waals surface area contributed by atoms with Gasteiger partial charge in [-0.25, -0.2) is 13.1 Å². The van der Waals surface area contributed by atoms with Gasteiger partial charge in [0.25, 0.3) is 0 Å². The van der Waals surface area contributed by atoms with Crippen molar-refractivity contribution in [3.05, 3.63) is 28.8 Å². The summed E-state index contributed by atoms with van der Waals surface area (Å²) in [5, 5.41) is 0. The number of morpholine rings is 1. The van der Waals surface area contributed by atoms with Gasteiger partial charge in [-0.15, -0.1) is 0 Å². The predicted molar refractivity (Wildman–Crippen MR) is 97.1 cm³/mol. The van der Waals surface area contributed by atoms with Crippen molar-refractivity contribution in [3.63, 3.8) is 0 Å². The summed E-state index contributed by atoms with van der Waals surface area (Å²) in [4.78, 5) is 2.62. The minimum absolute atomic E-state index is 0.0868. The highest BCUT2D eigenvalue weighted by Gasteiger charge is 2.23. The fraction of sp³-hybridized carbons (Fsp3) is 0.667. The van der Waals surface area contributed by atoms with Gasteiger partial charge in [-0.05, 0) is 42.0 Å². The third-order valence-corrected chi connectivity index (χ3v) is 6.19. The normalized spacial score (nSPS) is 17.2. The average molecular weight is 355 g/mol. The van der Waals surface area contributed by atoms with Crippen LogP contribution in [0.15, 0.2) is 17.0 Å². The van der Waals surface area contributed by atoms with Crippen molar-refractivity contribution in [2.24, 2.45) is 0 Å². The molecule has 0 amide bonds. The van der Waals surface area contributed by atoms with Crippen LogP contribution in [-0.2, 0) is 20.2 Å². The minimum Gasteiger partial charge on any atom is -0.379 e. The quantitative estimate of drug-likeness (QED) is 0.881. The predicted octanol–water partition coefficient (Wildman–Crippen LogP) is 2.21. The Kier molecular flexibility index (Phi) is 6.07. The van der Waals surface area contributed by atoms with Crippen LogP contribution in [0.2, 0.25) is 0 Å². The zero-order valence-electron chi connectivity index (χ0n) is 15.5. The Morgan fingerprint density at radius 3 is 2.38 bits per heavy atom. The van der Waals surface area contributed by atoms with Crippen molar-refractivity contribution in [3.8, 4) is 0 Å². The van der Waals surface area contributed by atoms with Crippen LogP contribution in [0.1, 0.15) is 37.5 Å². The molecule has 0 bridgehead atoms. The molecule has 0 radical (unpaired) electrons. The van der Waals surface area contributed by atoms with Crippen LogP contribution in [0.25, 0.3) is 0 Å². The maximum absolute atomic E-state index is 12.8. The summed E-state index contributed by atoms with van der Waals surface area (Å²) in [5.74, 6) is 0. The lowest BCUT2D eigenvalue weighted by Gasteiger charge is -2.26. The second-order valence-corrected chi connectivity index (χ2v) is 9.25. The van der Waals surface area contributed by atoms with Crippen molar-refractivity contribution >= 4 is 10.0 Å². The van der Waals surface area contributed by atoms with E-state index in [1.54, 1.807) is 0 Å². The Bertz CT molecular complexity index is 672. The van der Waals surface area contributed by atoms with Gasteiger partial charge < -0.3 is 4.74 Å². The number of aryl methyl sites for hydroxylation is 1. The summed E-state index contributed by atoms with van der Waals surface area (Å²) in [6.45, 7) is 14.4. The first kappa shape index (κ1) is 19.4. The van der Waals surface area contributed by atoms with Gasteiger partial charge in [0.05, 0.1) is 18.1 Å². The average Bonchev–Trinajstić information content (AvgIpc) is 2.49. The lowest BCUT2D eigenvalue weighted by molar-refractivity contribution is 0.0390. The molecule has 0 atom stereocenters. The molecule has 24 heavy (non-hydrogen) atoms. The standard InChI is InChI=1S/C18H30N2O3S/c1-14-12-16(18(3,4)5)13-17(15(14)2)24(21,22)19-6-7-20-8-10-23-11-9-20/h12-13,19H,6-11H2,1-5H3. The van der Waals surface area contributed by atoms with E-state index in [-0.39, 0.29) is 5.41 Å². The first-order valence-corrected chi connectivity index (χ1v) is 10.0. The van der Waals surface area contributed by atoms with Crippen molar-refractivity contribution in [2.45, 2.75) is 44.9 Å². The number of hydrogen-bond acceptors (Lipinski definition) is 4. The van der Waals surface area contributed by atoms with Gasteiger partial charge in [0.2, 0.25) is 10.0 Å². The van der Waals surface area contributed by atoms with E-state index in [0.717, 1.165) is 43.0 Å². The second-order valence-electron chi connectivity index (χ2n) is 7.52. The fourth-order valence-corrected chi connectivity index (χ4v) is 4.14. The Labute approximate surface area is 146 Å². The first-order chi connectivity index (χ1) is 11.1. The number of nitrogens with zero attached hydrogens (tertiary/aromatic N) is 1. The van der Waals surface area contributed by atoms with Gasteiger partial charge in [-0.3, -0.25) is 4.90 Å². The van der Waals surface area contributed by atoms with E-state index in [9.17, 15) is 8.42 Å². The molecular formula is C18H30N2O3S. The molecule has 6 heteroatoms. The van der Waals surface area contributed by atoms with Crippen LogP contribution < -0.4 is 4.72 Å². The van der Waals surface area contributed by atoms with Gasteiger partial charge in [-0.1, -0.05) is 26.8 Å². The molecule has 1 N–H and O–H groups in total. The maximum Gasteiger partial charge on any atom is 0.240 e. The molecule has 1 aliphatic rings. The van der Waals surface area contributed by atoms with E-state index in [1.165, 1.54) is 0 Å². The smallest absolute Gasteiger partial charge is 0.240 e. The molecule has 1 fully saturated rings. The van der Waals surface area contributed by atoms with Crippen LogP contribution in [0.3, 0.4) is 0 Å². The van der Waals surface area contributed by atoms with Gasteiger partial charge in [0, 0.05) is 26.2 Å². The minimum atomic E-state index is -3.50. The fourth-order valence-electron chi connectivity index (χ4n) is 2.78. The zero-order valence-corrected chi connectivity index (χ0v) is 16.3. The lowest BCUT2D eigenvalue weighted by atomic mass is 9.85. The third-order valence-electron chi connectivity index (χ3n) is 4.60. The monoisotopic (exact) mass is 354 g/mol. The van der Waals surface area contributed by atoms with E-state index in [2.05, 4.69) is 36.5 Å².